The third-order valence-corrected chi connectivity index (χ3v) is 7.58. The topological polar surface area (TPSA) is 48.9 Å². The summed E-state index contributed by atoms with van der Waals surface area (Å²) in [6, 6.07) is 0. The minimum absolute atomic E-state index is 0.233. The largest absolute Gasteiger partial charge is 0.550 e. The maximum Gasteiger partial charge on any atom is 0.243 e. The SMILES string of the molecule is CCCCCCCCCCCCCC(=O)[O-].CCCCCCCCCCCCCCCC[n+]1ccn(C)c1. The molecule has 1 heterocycles. The molecule has 0 saturated carbocycles. The normalized spacial score (nSPS) is 10.9. The number of aliphatic carboxylic acids is 1. The first-order valence-electron chi connectivity index (χ1n) is 16.8. The number of nitrogens with zero attached hydrogens (tertiary/aromatic N) is 2. The fraction of sp³-hybridized carbons (Fsp3) is 0.882. The maximum atomic E-state index is 10.1. The molecule has 0 aliphatic carbocycles. The van der Waals surface area contributed by atoms with Gasteiger partial charge in [0.1, 0.15) is 12.4 Å². The van der Waals surface area contributed by atoms with Crippen molar-refractivity contribution in [2.24, 2.45) is 7.05 Å². The number of hydrogen-bond donors (Lipinski definition) is 0. The molecule has 1 aromatic heterocycles. The molecular weight excluding hydrogens is 468 g/mol. The summed E-state index contributed by atoms with van der Waals surface area (Å²) in [5.41, 5.74) is 0. The minimum Gasteiger partial charge on any atom is -0.550 e. The zero-order chi connectivity index (χ0) is 27.9. The van der Waals surface area contributed by atoms with Crippen LogP contribution in [0.2, 0.25) is 0 Å². The van der Waals surface area contributed by atoms with Gasteiger partial charge in [0.15, 0.2) is 0 Å². The lowest BCUT2D eigenvalue weighted by atomic mass is 10.0. The van der Waals surface area contributed by atoms with Crippen LogP contribution in [0.4, 0.5) is 0 Å². The molecule has 38 heavy (non-hydrogen) atoms. The Morgan fingerprint density at radius 2 is 0.921 bits per heavy atom. The highest BCUT2D eigenvalue weighted by Gasteiger charge is 1.99. The van der Waals surface area contributed by atoms with E-state index in [0.717, 1.165) is 12.8 Å². The highest BCUT2D eigenvalue weighted by Crippen LogP contribution is 2.13. The highest BCUT2D eigenvalue weighted by atomic mass is 16.4. The summed E-state index contributed by atoms with van der Waals surface area (Å²) < 4.78 is 4.41. The predicted octanol–water partition coefficient (Wildman–Crippen LogP) is 9.23. The number of carbonyl (C=O) groups is 1. The number of carbonyl (C=O) groups excluding carboxylic acids is 1. The zero-order valence-electron chi connectivity index (χ0n) is 26.0. The first-order valence-corrected chi connectivity index (χ1v) is 16.8. The molecule has 224 valence electrons. The van der Waals surface area contributed by atoms with Gasteiger partial charge in [0.05, 0.1) is 13.6 Å². The Kier molecular flexibility index (Phi) is 29.2. The van der Waals surface area contributed by atoms with Gasteiger partial charge < -0.3 is 9.90 Å². The van der Waals surface area contributed by atoms with Crippen molar-refractivity contribution in [3.8, 4) is 0 Å². The first-order chi connectivity index (χ1) is 18.6. The van der Waals surface area contributed by atoms with Gasteiger partial charge in [-0.2, -0.15) is 0 Å². The quantitative estimate of drug-likeness (QED) is 0.0834. The smallest absolute Gasteiger partial charge is 0.243 e. The molecule has 0 spiro atoms. The van der Waals surface area contributed by atoms with Gasteiger partial charge in [0.25, 0.3) is 0 Å². The van der Waals surface area contributed by atoms with Crippen LogP contribution in [0.5, 0.6) is 0 Å². The molecule has 0 aromatic carbocycles. The second-order valence-corrected chi connectivity index (χ2v) is 11.6. The molecule has 0 amide bonds. The Labute approximate surface area is 238 Å². The number of carboxylic acids is 1. The second kappa shape index (κ2) is 30.2. The van der Waals surface area contributed by atoms with E-state index in [2.05, 4.69) is 48.8 Å². The predicted molar refractivity (Wildman–Crippen MR) is 162 cm³/mol. The number of imidazole rings is 1. The molecular formula is C34H66N2O2. The van der Waals surface area contributed by atoms with Crippen molar-refractivity contribution in [3.05, 3.63) is 18.7 Å². The average Bonchev–Trinajstić information content (AvgIpc) is 3.32. The summed E-state index contributed by atoms with van der Waals surface area (Å²) in [7, 11) is 2.09. The van der Waals surface area contributed by atoms with Crippen LogP contribution in [-0.2, 0) is 18.4 Å². The fourth-order valence-corrected chi connectivity index (χ4v) is 5.06. The van der Waals surface area contributed by atoms with Crippen LogP contribution in [0.1, 0.15) is 181 Å². The third-order valence-electron chi connectivity index (χ3n) is 7.58. The Morgan fingerprint density at radius 1 is 0.579 bits per heavy atom. The number of aryl methyl sites for hydroxylation is 2. The standard InChI is InChI=1S/C20H39N2.C14H28O2/c1-3-4-5-6-7-8-9-10-11-12-13-14-15-16-17-22-19-18-21(2)20-22;1-2-3-4-5-6-7-8-9-10-11-12-13-14(15)16/h18-20H,3-17H2,1-2H3;2-13H2,1H3,(H,15,16)/q+1;/p-1. The summed E-state index contributed by atoms with van der Waals surface area (Å²) in [5.74, 6) is -0.907. The van der Waals surface area contributed by atoms with Gasteiger partial charge in [-0.05, 0) is 25.7 Å². The van der Waals surface area contributed by atoms with E-state index in [0.29, 0.717) is 0 Å². The van der Waals surface area contributed by atoms with E-state index in [1.54, 1.807) is 0 Å². The van der Waals surface area contributed by atoms with Crippen LogP contribution in [0, 0.1) is 0 Å². The zero-order valence-corrected chi connectivity index (χ0v) is 26.0. The van der Waals surface area contributed by atoms with Crippen LogP contribution < -0.4 is 9.67 Å². The van der Waals surface area contributed by atoms with E-state index < -0.39 is 5.97 Å². The third kappa shape index (κ3) is 29.2. The van der Waals surface area contributed by atoms with E-state index in [1.165, 1.54) is 154 Å². The lowest BCUT2D eigenvalue weighted by Gasteiger charge is -2.03. The van der Waals surface area contributed by atoms with E-state index in [-0.39, 0.29) is 6.42 Å². The van der Waals surface area contributed by atoms with Crippen molar-refractivity contribution in [3.63, 3.8) is 0 Å². The monoisotopic (exact) mass is 535 g/mol. The van der Waals surface area contributed by atoms with Gasteiger partial charge in [0, 0.05) is 5.97 Å². The van der Waals surface area contributed by atoms with Crippen molar-refractivity contribution < 1.29 is 14.5 Å². The van der Waals surface area contributed by atoms with Crippen molar-refractivity contribution in [1.82, 2.24) is 4.57 Å². The number of carboxylic acid groups (broad SMARTS) is 1. The number of hydrogen-bond acceptors (Lipinski definition) is 2. The summed E-state index contributed by atoms with van der Waals surface area (Å²) >= 11 is 0. The molecule has 0 fully saturated rings. The highest BCUT2D eigenvalue weighted by molar-refractivity contribution is 5.64. The summed E-state index contributed by atoms with van der Waals surface area (Å²) in [6.07, 6.45) is 40.6. The number of rotatable bonds is 27. The summed E-state index contributed by atoms with van der Waals surface area (Å²) in [6.45, 7) is 5.71. The van der Waals surface area contributed by atoms with Crippen molar-refractivity contribution in [2.75, 3.05) is 0 Å². The van der Waals surface area contributed by atoms with E-state index in [1.807, 2.05) is 0 Å². The Balaban J connectivity index is 0.000000761. The molecule has 1 aromatic rings. The Bertz CT molecular complexity index is 599. The van der Waals surface area contributed by atoms with Crippen molar-refractivity contribution >= 4 is 5.97 Å². The molecule has 0 N–H and O–H groups in total. The minimum atomic E-state index is -0.907. The van der Waals surface area contributed by atoms with Gasteiger partial charge in [-0.15, -0.1) is 0 Å². The van der Waals surface area contributed by atoms with E-state index in [4.69, 9.17) is 0 Å². The Hall–Kier alpha value is -1.32. The van der Waals surface area contributed by atoms with E-state index in [9.17, 15) is 9.90 Å². The van der Waals surface area contributed by atoms with Crippen molar-refractivity contribution in [2.45, 2.75) is 187 Å². The molecule has 0 aliphatic rings. The second-order valence-electron chi connectivity index (χ2n) is 11.6. The Morgan fingerprint density at radius 3 is 1.24 bits per heavy atom. The van der Waals surface area contributed by atoms with Crippen LogP contribution in [0.15, 0.2) is 18.7 Å². The van der Waals surface area contributed by atoms with Gasteiger partial charge in [-0.25, -0.2) is 9.13 Å². The van der Waals surface area contributed by atoms with Gasteiger partial charge >= 0.3 is 0 Å². The number of unbranched alkanes of at least 4 members (excludes halogenated alkanes) is 23. The summed E-state index contributed by atoms with van der Waals surface area (Å²) in [5, 5.41) is 10.1. The molecule has 1 rings (SSSR count). The lowest BCUT2D eigenvalue weighted by molar-refractivity contribution is -0.696. The molecule has 0 aliphatic heterocycles. The lowest BCUT2D eigenvalue weighted by Crippen LogP contribution is -2.30. The molecule has 0 atom stereocenters. The fourth-order valence-electron chi connectivity index (χ4n) is 5.06. The molecule has 0 bridgehead atoms. The maximum absolute atomic E-state index is 10.1. The molecule has 4 nitrogen and oxygen atoms in total. The summed E-state index contributed by atoms with van der Waals surface area (Å²) in [4.78, 5) is 10.1. The van der Waals surface area contributed by atoms with Crippen LogP contribution in [-0.4, -0.2) is 10.5 Å². The van der Waals surface area contributed by atoms with Gasteiger partial charge in [-0.3, -0.25) is 0 Å². The van der Waals surface area contributed by atoms with Crippen molar-refractivity contribution in [1.29, 1.82) is 0 Å². The van der Waals surface area contributed by atoms with Crippen LogP contribution in [0.25, 0.3) is 0 Å². The molecule has 4 heteroatoms. The number of aromatic nitrogens is 2. The molecule has 0 saturated heterocycles. The molecule has 0 unspecified atom stereocenters. The van der Waals surface area contributed by atoms with E-state index >= 15 is 0 Å². The van der Waals surface area contributed by atoms with Crippen LogP contribution >= 0.6 is 0 Å². The van der Waals surface area contributed by atoms with Gasteiger partial charge in [-0.1, -0.05) is 155 Å². The van der Waals surface area contributed by atoms with Crippen LogP contribution in [0.3, 0.4) is 0 Å². The molecule has 0 radical (unpaired) electrons. The van der Waals surface area contributed by atoms with Gasteiger partial charge in [0.2, 0.25) is 6.33 Å². The average molecular weight is 535 g/mol. The first kappa shape index (κ1) is 36.7.